The zero-order valence-electron chi connectivity index (χ0n) is 16.1. The molecule has 0 radical (unpaired) electrons. The van der Waals surface area contributed by atoms with Crippen LogP contribution in [-0.4, -0.2) is 41.8 Å². The second-order valence-electron chi connectivity index (χ2n) is 6.48. The van der Waals surface area contributed by atoms with Crippen molar-refractivity contribution in [2.45, 2.75) is 19.1 Å². The lowest BCUT2D eigenvalue weighted by Gasteiger charge is -2.28. The van der Waals surface area contributed by atoms with Crippen molar-refractivity contribution in [2.24, 2.45) is 0 Å². The third kappa shape index (κ3) is 5.10. The second kappa shape index (κ2) is 9.33. The van der Waals surface area contributed by atoms with E-state index in [1.54, 1.807) is 54.3 Å². The largest absolute Gasteiger partial charge is 0.482 e. The quantitative estimate of drug-likeness (QED) is 0.668. The summed E-state index contributed by atoms with van der Waals surface area (Å²) < 4.78 is 5.44. The summed E-state index contributed by atoms with van der Waals surface area (Å²) in [4.78, 5) is 38.6. The first-order chi connectivity index (χ1) is 13.9. The number of carbonyl (C=O) groups excluding carboxylic acids is 3. The number of carbonyl (C=O) groups is 3. The smallest absolute Gasteiger partial charge is 0.265 e. The number of Topliss-reactive ketones (excluding diaryl/α,β-unsaturated/α-hetero) is 1. The lowest BCUT2D eigenvalue weighted by atomic mass is 10.1. The number of rotatable bonds is 7. The van der Waals surface area contributed by atoms with Crippen molar-refractivity contribution in [3.63, 3.8) is 0 Å². The highest BCUT2D eigenvalue weighted by Gasteiger charge is 2.26. The van der Waals surface area contributed by atoms with Gasteiger partial charge in [-0.1, -0.05) is 11.6 Å². The topological polar surface area (TPSA) is 75.7 Å². The molecule has 1 unspecified atom stereocenters. The maximum atomic E-state index is 12.8. The van der Waals surface area contributed by atoms with Gasteiger partial charge in [-0.15, -0.1) is 11.8 Å². The van der Waals surface area contributed by atoms with Crippen LogP contribution in [0.5, 0.6) is 5.75 Å². The number of anilines is 2. The average Bonchev–Trinajstić information content (AvgIpc) is 2.72. The fourth-order valence-corrected chi connectivity index (χ4v) is 3.83. The van der Waals surface area contributed by atoms with Crippen LogP contribution in [0.4, 0.5) is 11.4 Å². The highest BCUT2D eigenvalue weighted by molar-refractivity contribution is 8.01. The van der Waals surface area contributed by atoms with E-state index < -0.39 is 5.25 Å². The number of amides is 2. The van der Waals surface area contributed by atoms with E-state index in [0.717, 1.165) is 0 Å². The van der Waals surface area contributed by atoms with Gasteiger partial charge < -0.3 is 15.0 Å². The molecule has 2 aromatic carbocycles. The molecule has 3 rings (SSSR count). The number of ketones is 1. The highest BCUT2D eigenvalue weighted by Crippen LogP contribution is 2.33. The molecule has 0 aliphatic carbocycles. The Kier molecular flexibility index (Phi) is 6.82. The minimum absolute atomic E-state index is 0.00309. The van der Waals surface area contributed by atoms with Crippen LogP contribution >= 0.6 is 23.4 Å². The van der Waals surface area contributed by atoms with Gasteiger partial charge in [0.15, 0.2) is 12.4 Å². The number of nitrogens with zero attached hydrogens (tertiary/aromatic N) is 1. The molecule has 6 nitrogen and oxygen atoms in total. The van der Waals surface area contributed by atoms with E-state index in [9.17, 15) is 14.4 Å². The SMILES string of the molecule is CCN1C(=O)COc2ccc(C(=O)C(C)SCC(=O)Nc3ccc(Cl)cc3)cc21. The van der Waals surface area contributed by atoms with Crippen molar-refractivity contribution in [1.82, 2.24) is 0 Å². The first-order valence-corrected chi connectivity index (χ1v) is 10.6. The van der Waals surface area contributed by atoms with Crippen molar-refractivity contribution < 1.29 is 19.1 Å². The van der Waals surface area contributed by atoms with Crippen molar-refractivity contribution in [3.8, 4) is 5.75 Å². The molecule has 1 atom stereocenters. The summed E-state index contributed by atoms with van der Waals surface area (Å²) in [6, 6.07) is 11.9. The monoisotopic (exact) mass is 432 g/mol. The van der Waals surface area contributed by atoms with Crippen LogP contribution in [0.15, 0.2) is 42.5 Å². The number of ether oxygens (including phenoxy) is 1. The summed E-state index contributed by atoms with van der Waals surface area (Å²) in [5, 5.41) is 2.95. The maximum absolute atomic E-state index is 12.8. The molecule has 1 heterocycles. The zero-order valence-corrected chi connectivity index (χ0v) is 17.7. The normalized spacial score (nSPS) is 14.0. The first kappa shape index (κ1) is 21.2. The fraction of sp³-hybridized carbons (Fsp3) is 0.286. The van der Waals surface area contributed by atoms with Gasteiger partial charge in [-0.25, -0.2) is 0 Å². The van der Waals surface area contributed by atoms with Crippen LogP contribution in [0, 0.1) is 0 Å². The van der Waals surface area contributed by atoms with Crippen molar-refractivity contribution in [3.05, 3.63) is 53.1 Å². The number of benzene rings is 2. The van der Waals surface area contributed by atoms with Crippen molar-refractivity contribution in [2.75, 3.05) is 29.1 Å². The second-order valence-corrected chi connectivity index (χ2v) is 8.25. The van der Waals surface area contributed by atoms with Crippen LogP contribution in [-0.2, 0) is 9.59 Å². The number of halogens is 1. The van der Waals surface area contributed by atoms with E-state index in [0.29, 0.717) is 34.3 Å². The zero-order chi connectivity index (χ0) is 21.0. The van der Waals surface area contributed by atoms with Crippen molar-refractivity contribution in [1.29, 1.82) is 0 Å². The van der Waals surface area contributed by atoms with Gasteiger partial charge in [0.25, 0.3) is 5.91 Å². The summed E-state index contributed by atoms with van der Waals surface area (Å²) >= 11 is 7.09. The number of hydrogen-bond acceptors (Lipinski definition) is 5. The predicted molar refractivity (Wildman–Crippen MR) is 116 cm³/mol. The number of likely N-dealkylation sites (N-methyl/N-ethyl adjacent to an activating group) is 1. The van der Waals surface area contributed by atoms with E-state index in [-0.39, 0.29) is 30.0 Å². The number of hydrogen-bond donors (Lipinski definition) is 1. The van der Waals surface area contributed by atoms with Crippen LogP contribution < -0.4 is 15.0 Å². The Morgan fingerprint density at radius 3 is 2.66 bits per heavy atom. The van der Waals surface area contributed by atoms with Gasteiger partial charge in [-0.2, -0.15) is 0 Å². The Bertz CT molecular complexity index is 933. The summed E-state index contributed by atoms with van der Waals surface area (Å²) in [6.45, 7) is 4.14. The predicted octanol–water partition coefficient (Wildman–Crippen LogP) is 4.03. The molecule has 8 heteroatoms. The van der Waals surface area contributed by atoms with Crippen molar-refractivity contribution >= 4 is 52.3 Å². The minimum atomic E-state index is -0.417. The summed E-state index contributed by atoms with van der Waals surface area (Å²) in [6.07, 6.45) is 0. The molecule has 29 heavy (non-hydrogen) atoms. The molecule has 0 spiro atoms. The third-order valence-electron chi connectivity index (χ3n) is 4.46. The van der Waals surface area contributed by atoms with Gasteiger partial charge in [0.2, 0.25) is 5.91 Å². The number of thioether (sulfide) groups is 1. The first-order valence-electron chi connectivity index (χ1n) is 9.17. The third-order valence-corrected chi connectivity index (χ3v) is 5.86. The molecule has 1 aliphatic heterocycles. The average molecular weight is 433 g/mol. The van der Waals surface area contributed by atoms with Crippen LogP contribution in [0.25, 0.3) is 0 Å². The lowest BCUT2D eigenvalue weighted by Crippen LogP contribution is -2.38. The highest BCUT2D eigenvalue weighted by atomic mass is 35.5. The molecule has 0 saturated heterocycles. The Labute approximate surface area is 178 Å². The van der Waals surface area contributed by atoms with E-state index >= 15 is 0 Å². The molecule has 0 bridgehead atoms. The Balaban J connectivity index is 1.61. The van der Waals surface area contributed by atoms with E-state index in [1.807, 2.05) is 6.92 Å². The Morgan fingerprint density at radius 2 is 1.97 bits per heavy atom. The van der Waals surface area contributed by atoms with Gasteiger partial charge in [0.05, 0.1) is 16.7 Å². The molecule has 0 saturated carbocycles. The molecular formula is C21H21ClN2O4S. The molecule has 2 aromatic rings. The molecule has 0 aromatic heterocycles. The van der Waals surface area contributed by atoms with Gasteiger partial charge in [-0.05, 0) is 56.3 Å². The van der Waals surface area contributed by atoms with Crippen LogP contribution in [0.1, 0.15) is 24.2 Å². The fourth-order valence-electron chi connectivity index (χ4n) is 2.94. The maximum Gasteiger partial charge on any atom is 0.265 e. The molecule has 1 N–H and O–H groups in total. The van der Waals surface area contributed by atoms with Crippen LogP contribution in [0.2, 0.25) is 5.02 Å². The molecule has 2 amide bonds. The summed E-state index contributed by atoms with van der Waals surface area (Å²) in [5.74, 6) is 0.296. The Hall–Kier alpha value is -2.51. The summed E-state index contributed by atoms with van der Waals surface area (Å²) in [7, 11) is 0. The lowest BCUT2D eigenvalue weighted by molar-refractivity contribution is -0.121. The standard InChI is InChI=1S/C21H21ClN2O4S/c1-3-24-17-10-14(4-9-18(17)28-11-20(24)26)21(27)13(2)29-12-19(25)23-16-7-5-15(22)6-8-16/h4-10,13H,3,11-12H2,1-2H3,(H,23,25). The minimum Gasteiger partial charge on any atom is -0.482 e. The van der Waals surface area contributed by atoms with Crippen LogP contribution in [0.3, 0.4) is 0 Å². The van der Waals surface area contributed by atoms with Gasteiger partial charge in [0.1, 0.15) is 5.75 Å². The van der Waals surface area contributed by atoms with Gasteiger partial charge in [0, 0.05) is 22.8 Å². The molecule has 1 aliphatic rings. The van der Waals surface area contributed by atoms with Gasteiger partial charge >= 0.3 is 0 Å². The van der Waals surface area contributed by atoms with E-state index in [2.05, 4.69) is 5.32 Å². The van der Waals surface area contributed by atoms with E-state index in [1.165, 1.54) is 11.8 Å². The molecular weight excluding hydrogens is 412 g/mol. The number of nitrogens with one attached hydrogen (secondary N) is 1. The number of fused-ring (bicyclic) bond motifs is 1. The molecule has 152 valence electrons. The Morgan fingerprint density at radius 1 is 1.24 bits per heavy atom. The summed E-state index contributed by atoms with van der Waals surface area (Å²) in [5.41, 5.74) is 1.74. The van der Waals surface area contributed by atoms with Gasteiger partial charge in [-0.3, -0.25) is 14.4 Å². The molecule has 0 fully saturated rings. The van der Waals surface area contributed by atoms with E-state index in [4.69, 9.17) is 16.3 Å².